The summed E-state index contributed by atoms with van der Waals surface area (Å²) in [5.74, 6) is -0.870. The molecule has 8 nitrogen and oxygen atoms in total. The molecule has 1 aromatic heterocycles. The Hall–Kier alpha value is -3.68. The largest absolute Gasteiger partial charge is 0.453 e. The van der Waals surface area contributed by atoms with Crippen molar-refractivity contribution < 1.29 is 23.5 Å². The van der Waals surface area contributed by atoms with Gasteiger partial charge in [-0.15, -0.1) is 0 Å². The summed E-state index contributed by atoms with van der Waals surface area (Å²) in [6.45, 7) is 1.68. The van der Waals surface area contributed by atoms with E-state index in [1.807, 2.05) is 48.5 Å². The third-order valence-electron chi connectivity index (χ3n) is 4.09. The van der Waals surface area contributed by atoms with Gasteiger partial charge in [-0.25, -0.2) is 9.78 Å². The molecule has 0 aliphatic heterocycles. The maximum absolute atomic E-state index is 12.0. The van der Waals surface area contributed by atoms with Crippen molar-refractivity contribution in [2.24, 2.45) is 0 Å². The number of imide groups is 1. The number of urea groups is 1. The number of hydrogen-bond acceptors (Lipinski definition) is 6. The van der Waals surface area contributed by atoms with Crippen LogP contribution in [0.25, 0.3) is 11.1 Å². The minimum absolute atomic E-state index is 0.00461. The molecule has 0 aliphatic rings. The van der Waals surface area contributed by atoms with Crippen LogP contribution in [0.3, 0.4) is 0 Å². The van der Waals surface area contributed by atoms with Gasteiger partial charge in [0.1, 0.15) is 5.52 Å². The van der Waals surface area contributed by atoms with Crippen LogP contribution in [0, 0.1) is 0 Å². The van der Waals surface area contributed by atoms with Gasteiger partial charge in [0, 0.05) is 13.0 Å². The van der Waals surface area contributed by atoms with E-state index in [4.69, 9.17) is 9.15 Å². The molecule has 3 rings (SSSR count). The molecule has 0 bridgehead atoms. The van der Waals surface area contributed by atoms with Gasteiger partial charge in [-0.05, 0) is 24.6 Å². The average molecular weight is 395 g/mol. The normalized spacial score (nSPS) is 11.6. The second-order valence-corrected chi connectivity index (χ2v) is 6.36. The molecule has 3 aromatic rings. The summed E-state index contributed by atoms with van der Waals surface area (Å²) >= 11 is 0. The second-order valence-electron chi connectivity index (χ2n) is 6.36. The number of benzene rings is 2. The van der Waals surface area contributed by atoms with Crippen LogP contribution in [-0.4, -0.2) is 29.0 Å². The van der Waals surface area contributed by atoms with Crippen molar-refractivity contribution in [3.8, 4) is 0 Å². The number of fused-ring (bicyclic) bond motifs is 1. The summed E-state index contributed by atoms with van der Waals surface area (Å²) in [6.07, 6.45) is -0.849. The first-order chi connectivity index (χ1) is 14.0. The summed E-state index contributed by atoms with van der Waals surface area (Å²) in [6, 6.07) is 15.9. The van der Waals surface area contributed by atoms with Crippen LogP contribution in [-0.2, 0) is 27.3 Å². The summed E-state index contributed by atoms with van der Waals surface area (Å²) in [5, 5.41) is 4.72. The topological polar surface area (TPSA) is 111 Å². The van der Waals surface area contributed by atoms with Crippen LogP contribution < -0.4 is 10.6 Å². The minimum atomic E-state index is -1.10. The number of carbonyl (C=O) groups is 3. The summed E-state index contributed by atoms with van der Waals surface area (Å²) in [7, 11) is 0. The number of esters is 1. The Morgan fingerprint density at radius 3 is 2.55 bits per heavy atom. The molecule has 3 amide bonds. The SMILES string of the molecule is C[C@@H](OC(=O)CCc1nc2ccccc2o1)C(=O)NC(=O)NCc1ccccc1. The van der Waals surface area contributed by atoms with Crippen molar-refractivity contribution in [2.75, 3.05) is 0 Å². The van der Waals surface area contributed by atoms with Gasteiger partial charge in [0.25, 0.3) is 5.91 Å². The number of aryl methyl sites for hydroxylation is 1. The van der Waals surface area contributed by atoms with Crippen LogP contribution in [0.5, 0.6) is 0 Å². The first kappa shape index (κ1) is 20.1. The zero-order valence-corrected chi connectivity index (χ0v) is 15.9. The maximum atomic E-state index is 12.0. The number of nitrogens with one attached hydrogen (secondary N) is 2. The Morgan fingerprint density at radius 1 is 1.07 bits per heavy atom. The van der Waals surface area contributed by atoms with E-state index in [0.29, 0.717) is 17.0 Å². The van der Waals surface area contributed by atoms with Crippen molar-refractivity contribution in [1.82, 2.24) is 15.6 Å². The highest BCUT2D eigenvalue weighted by Gasteiger charge is 2.20. The number of hydrogen-bond donors (Lipinski definition) is 2. The molecule has 2 aromatic carbocycles. The molecule has 0 spiro atoms. The van der Waals surface area contributed by atoms with Crippen molar-refractivity contribution in [1.29, 1.82) is 0 Å². The van der Waals surface area contributed by atoms with Crippen molar-refractivity contribution in [3.63, 3.8) is 0 Å². The fourth-order valence-corrected chi connectivity index (χ4v) is 2.58. The maximum Gasteiger partial charge on any atom is 0.321 e. The lowest BCUT2D eigenvalue weighted by atomic mass is 10.2. The molecular formula is C21H21N3O5. The van der Waals surface area contributed by atoms with Gasteiger partial charge < -0.3 is 14.5 Å². The Kier molecular flexibility index (Phi) is 6.57. The van der Waals surface area contributed by atoms with E-state index in [1.165, 1.54) is 6.92 Å². The number of ether oxygens (including phenoxy) is 1. The molecule has 1 heterocycles. The van der Waals surface area contributed by atoms with Crippen LogP contribution in [0.1, 0.15) is 24.8 Å². The van der Waals surface area contributed by atoms with Gasteiger partial charge in [-0.2, -0.15) is 0 Å². The van der Waals surface area contributed by atoms with Crippen LogP contribution in [0.4, 0.5) is 4.79 Å². The van der Waals surface area contributed by atoms with E-state index >= 15 is 0 Å². The molecule has 1 atom stereocenters. The first-order valence-electron chi connectivity index (χ1n) is 9.18. The summed E-state index contributed by atoms with van der Waals surface area (Å²) in [4.78, 5) is 40.1. The standard InChI is InChI=1S/C21H21N3O5/c1-14(20(26)24-21(27)22-13-15-7-3-2-4-8-15)28-19(25)12-11-18-23-16-9-5-6-10-17(16)29-18/h2-10,14H,11-13H2,1H3,(H2,22,24,26,27)/t14-/m1/s1. The van der Waals surface area contributed by atoms with Gasteiger partial charge in [0.15, 0.2) is 17.6 Å². The molecular weight excluding hydrogens is 374 g/mol. The number of amides is 3. The molecule has 0 unspecified atom stereocenters. The van der Waals surface area contributed by atoms with Gasteiger partial charge >= 0.3 is 12.0 Å². The molecule has 0 saturated heterocycles. The number of aromatic nitrogens is 1. The number of nitrogens with zero attached hydrogens (tertiary/aromatic N) is 1. The third kappa shape index (κ3) is 5.90. The van der Waals surface area contributed by atoms with Gasteiger partial charge in [0.05, 0.1) is 6.42 Å². The lowest BCUT2D eigenvalue weighted by Gasteiger charge is -2.13. The molecule has 8 heteroatoms. The van der Waals surface area contributed by atoms with Gasteiger partial charge in [0.2, 0.25) is 0 Å². The summed E-state index contributed by atoms with van der Waals surface area (Å²) < 4.78 is 10.6. The van der Waals surface area contributed by atoms with Crippen LogP contribution >= 0.6 is 0 Å². The lowest BCUT2D eigenvalue weighted by molar-refractivity contribution is -0.154. The number of oxazole rings is 1. The molecule has 2 N–H and O–H groups in total. The zero-order valence-electron chi connectivity index (χ0n) is 15.9. The monoisotopic (exact) mass is 395 g/mol. The Bertz CT molecular complexity index is 967. The second kappa shape index (κ2) is 9.50. The Labute approximate surface area is 167 Å². The van der Waals surface area contributed by atoms with Gasteiger partial charge in [-0.3, -0.25) is 14.9 Å². The highest BCUT2D eigenvalue weighted by Crippen LogP contribution is 2.15. The number of rotatable bonds is 7. The third-order valence-corrected chi connectivity index (χ3v) is 4.09. The molecule has 0 aliphatic carbocycles. The molecule has 0 fully saturated rings. The molecule has 0 radical (unpaired) electrons. The lowest BCUT2D eigenvalue weighted by Crippen LogP contribution is -2.44. The highest BCUT2D eigenvalue weighted by atomic mass is 16.5. The predicted octanol–water partition coefficient (Wildman–Crippen LogP) is 2.72. The molecule has 150 valence electrons. The minimum Gasteiger partial charge on any atom is -0.453 e. The average Bonchev–Trinajstić information content (AvgIpc) is 3.14. The van der Waals surface area contributed by atoms with Crippen LogP contribution in [0.2, 0.25) is 0 Å². The van der Waals surface area contributed by atoms with E-state index in [0.717, 1.165) is 5.56 Å². The molecule has 29 heavy (non-hydrogen) atoms. The van der Waals surface area contributed by atoms with E-state index in [-0.39, 0.29) is 19.4 Å². The summed E-state index contributed by atoms with van der Waals surface area (Å²) in [5.41, 5.74) is 2.25. The predicted molar refractivity (Wildman–Crippen MR) is 105 cm³/mol. The Morgan fingerprint density at radius 2 is 1.79 bits per heavy atom. The van der Waals surface area contributed by atoms with E-state index in [2.05, 4.69) is 15.6 Å². The number of carbonyl (C=O) groups excluding carboxylic acids is 3. The van der Waals surface area contributed by atoms with Gasteiger partial charge in [-0.1, -0.05) is 42.5 Å². The van der Waals surface area contributed by atoms with E-state index in [1.54, 1.807) is 6.07 Å². The van der Waals surface area contributed by atoms with E-state index < -0.39 is 24.0 Å². The van der Waals surface area contributed by atoms with Crippen molar-refractivity contribution in [2.45, 2.75) is 32.4 Å². The van der Waals surface area contributed by atoms with E-state index in [9.17, 15) is 14.4 Å². The smallest absolute Gasteiger partial charge is 0.321 e. The Balaban J connectivity index is 1.40. The van der Waals surface area contributed by atoms with Crippen LogP contribution in [0.15, 0.2) is 59.0 Å². The number of para-hydroxylation sites is 2. The van der Waals surface area contributed by atoms with Crippen molar-refractivity contribution >= 4 is 29.0 Å². The molecule has 0 saturated carbocycles. The van der Waals surface area contributed by atoms with Crippen molar-refractivity contribution in [3.05, 3.63) is 66.1 Å². The highest BCUT2D eigenvalue weighted by molar-refractivity contribution is 5.97. The fourth-order valence-electron chi connectivity index (χ4n) is 2.58. The first-order valence-corrected chi connectivity index (χ1v) is 9.18. The quantitative estimate of drug-likeness (QED) is 0.595. The zero-order chi connectivity index (χ0) is 20.6. The fraction of sp³-hybridized carbons (Fsp3) is 0.238.